The largest absolute Gasteiger partial charge is 0.477 e. The van der Waals surface area contributed by atoms with Crippen LogP contribution >= 0.6 is 15.9 Å². The molecule has 0 bridgehead atoms. The van der Waals surface area contributed by atoms with Gasteiger partial charge in [0.2, 0.25) is 0 Å². The number of hydrogen-bond donors (Lipinski definition) is 1. The lowest BCUT2D eigenvalue weighted by atomic mass is 10.1. The van der Waals surface area contributed by atoms with Crippen LogP contribution in [0.2, 0.25) is 0 Å². The Hall–Kier alpha value is -2.72. The molecule has 0 fully saturated rings. The predicted octanol–water partition coefficient (Wildman–Crippen LogP) is 2.00. The van der Waals surface area contributed by atoms with Crippen molar-refractivity contribution in [3.05, 3.63) is 52.5 Å². The van der Waals surface area contributed by atoms with Crippen LogP contribution in [-0.2, 0) is 9.47 Å². The molecule has 2 aromatic rings. The number of carbonyl (C=O) groups excluding carboxylic acids is 1. The lowest BCUT2D eigenvalue weighted by Crippen LogP contribution is -2.09. The average molecular weight is 423 g/mol. The quantitative estimate of drug-likeness (QED) is 0.583. The third-order valence-corrected chi connectivity index (χ3v) is 3.53. The standard InChI is InChI=1S/C10H10N2O3.C6H5BrN2O2/c13-10(14)8-1-4-11-9(12-8)7-2-5-15-6-3-7;1-11-5(10)4-2-3-8-6(7)9-4/h1-2,4H,3,5-6H2,(H,13,14);2-3H,1H3. The zero-order valence-corrected chi connectivity index (χ0v) is 15.3. The molecular weight excluding hydrogens is 408 g/mol. The predicted molar refractivity (Wildman–Crippen MR) is 93.5 cm³/mol. The Balaban J connectivity index is 0.000000197. The van der Waals surface area contributed by atoms with Gasteiger partial charge in [0.15, 0.2) is 21.9 Å². The third kappa shape index (κ3) is 5.67. The molecule has 0 amide bonds. The highest BCUT2D eigenvalue weighted by Crippen LogP contribution is 2.17. The second-order valence-electron chi connectivity index (χ2n) is 4.83. The molecule has 3 heterocycles. The van der Waals surface area contributed by atoms with Crippen LogP contribution in [0.4, 0.5) is 0 Å². The molecule has 0 aromatic carbocycles. The van der Waals surface area contributed by atoms with Crippen molar-refractivity contribution in [1.82, 2.24) is 19.9 Å². The molecule has 0 saturated heterocycles. The fraction of sp³-hybridized carbons (Fsp3) is 0.250. The van der Waals surface area contributed by atoms with E-state index in [4.69, 9.17) is 9.84 Å². The normalized spacial score (nSPS) is 13.1. The van der Waals surface area contributed by atoms with Gasteiger partial charge in [0.25, 0.3) is 0 Å². The Labute approximate surface area is 157 Å². The summed E-state index contributed by atoms with van der Waals surface area (Å²) in [5.41, 5.74) is 1.21. The number of ether oxygens (including phenoxy) is 2. The molecule has 2 aromatic heterocycles. The summed E-state index contributed by atoms with van der Waals surface area (Å²) in [4.78, 5) is 37.1. The Bertz CT molecular complexity index is 828. The number of carboxylic acids is 1. The van der Waals surface area contributed by atoms with Crippen molar-refractivity contribution >= 4 is 33.4 Å². The van der Waals surface area contributed by atoms with E-state index in [0.717, 1.165) is 12.0 Å². The van der Waals surface area contributed by atoms with Gasteiger partial charge < -0.3 is 14.6 Å². The van der Waals surface area contributed by atoms with Gasteiger partial charge in [-0.1, -0.05) is 6.08 Å². The van der Waals surface area contributed by atoms with Crippen molar-refractivity contribution in [3.63, 3.8) is 0 Å². The Morgan fingerprint density at radius 3 is 2.54 bits per heavy atom. The van der Waals surface area contributed by atoms with Crippen molar-refractivity contribution in [2.75, 3.05) is 20.3 Å². The number of aromatic nitrogens is 4. The molecule has 0 saturated carbocycles. The number of esters is 1. The summed E-state index contributed by atoms with van der Waals surface area (Å²) in [6.45, 7) is 1.17. The number of aromatic carboxylic acids is 1. The summed E-state index contributed by atoms with van der Waals surface area (Å²) in [7, 11) is 1.30. The second kappa shape index (κ2) is 9.68. The van der Waals surface area contributed by atoms with E-state index in [1.807, 2.05) is 6.08 Å². The maximum absolute atomic E-state index is 10.8. The van der Waals surface area contributed by atoms with Crippen LogP contribution in [0.15, 0.2) is 35.3 Å². The minimum absolute atomic E-state index is 0.0207. The van der Waals surface area contributed by atoms with E-state index in [2.05, 4.69) is 40.6 Å². The molecule has 136 valence electrons. The van der Waals surface area contributed by atoms with Gasteiger partial charge in [-0.15, -0.1) is 0 Å². The SMILES string of the molecule is COC(=O)c1ccnc(Br)n1.O=C(O)c1ccnc(C2=CCOCC2)n1. The second-order valence-corrected chi connectivity index (χ2v) is 5.54. The van der Waals surface area contributed by atoms with E-state index in [1.54, 1.807) is 0 Å². The Morgan fingerprint density at radius 1 is 1.19 bits per heavy atom. The number of hydrogen-bond acceptors (Lipinski definition) is 8. The molecule has 1 N–H and O–H groups in total. The first-order valence-electron chi connectivity index (χ1n) is 7.41. The van der Waals surface area contributed by atoms with Crippen molar-refractivity contribution in [3.8, 4) is 0 Å². The molecule has 0 aliphatic carbocycles. The lowest BCUT2D eigenvalue weighted by molar-refractivity contribution is 0.0592. The van der Waals surface area contributed by atoms with Crippen LogP contribution in [0.3, 0.4) is 0 Å². The topological polar surface area (TPSA) is 124 Å². The van der Waals surface area contributed by atoms with Crippen LogP contribution in [0.1, 0.15) is 33.2 Å². The molecule has 26 heavy (non-hydrogen) atoms. The van der Waals surface area contributed by atoms with Gasteiger partial charge in [-0.2, -0.15) is 0 Å². The molecular formula is C16H15BrN4O5. The van der Waals surface area contributed by atoms with Crippen LogP contribution < -0.4 is 0 Å². The van der Waals surface area contributed by atoms with Crippen LogP contribution in [-0.4, -0.2) is 57.3 Å². The molecule has 0 spiro atoms. The fourth-order valence-corrected chi connectivity index (χ4v) is 2.23. The van der Waals surface area contributed by atoms with Gasteiger partial charge in [0.05, 0.1) is 20.3 Å². The average Bonchev–Trinajstić information content (AvgIpc) is 2.68. The Morgan fingerprint density at radius 2 is 1.92 bits per heavy atom. The first kappa shape index (κ1) is 19.6. The lowest BCUT2D eigenvalue weighted by Gasteiger charge is -2.11. The summed E-state index contributed by atoms with van der Waals surface area (Å²) in [5.74, 6) is -1.02. The number of nitrogens with zero attached hydrogens (tertiary/aromatic N) is 4. The van der Waals surface area contributed by atoms with Gasteiger partial charge in [-0.25, -0.2) is 29.5 Å². The smallest absolute Gasteiger partial charge is 0.356 e. The zero-order chi connectivity index (χ0) is 18.9. The molecule has 10 heteroatoms. The summed E-state index contributed by atoms with van der Waals surface area (Å²) in [6, 6.07) is 2.86. The number of rotatable bonds is 3. The summed E-state index contributed by atoms with van der Waals surface area (Å²) in [6.07, 6.45) is 5.54. The van der Waals surface area contributed by atoms with Crippen molar-refractivity contribution in [2.24, 2.45) is 0 Å². The van der Waals surface area contributed by atoms with Gasteiger partial charge in [0, 0.05) is 12.4 Å². The number of halogens is 1. The first-order valence-corrected chi connectivity index (χ1v) is 8.21. The Kier molecular flexibility index (Phi) is 7.30. The highest BCUT2D eigenvalue weighted by atomic mass is 79.9. The third-order valence-electron chi connectivity index (χ3n) is 3.15. The molecule has 3 rings (SSSR count). The van der Waals surface area contributed by atoms with Crippen LogP contribution in [0, 0.1) is 0 Å². The van der Waals surface area contributed by atoms with E-state index in [-0.39, 0.29) is 11.4 Å². The molecule has 0 unspecified atom stereocenters. The van der Waals surface area contributed by atoms with E-state index in [9.17, 15) is 9.59 Å². The van der Waals surface area contributed by atoms with E-state index >= 15 is 0 Å². The van der Waals surface area contributed by atoms with Crippen LogP contribution in [0.25, 0.3) is 5.57 Å². The summed E-state index contributed by atoms with van der Waals surface area (Å²) in [5, 5.41) is 8.77. The van der Waals surface area contributed by atoms with Crippen molar-refractivity contribution in [1.29, 1.82) is 0 Å². The molecule has 1 aliphatic rings. The van der Waals surface area contributed by atoms with Crippen molar-refractivity contribution in [2.45, 2.75) is 6.42 Å². The molecule has 0 radical (unpaired) electrons. The summed E-state index contributed by atoms with van der Waals surface area (Å²) < 4.78 is 9.97. The first-order chi connectivity index (χ1) is 12.5. The molecule has 1 aliphatic heterocycles. The van der Waals surface area contributed by atoms with Gasteiger partial charge in [-0.3, -0.25) is 0 Å². The minimum Gasteiger partial charge on any atom is -0.477 e. The number of carbonyl (C=O) groups is 2. The number of methoxy groups -OCH3 is 1. The van der Waals surface area contributed by atoms with E-state index in [1.165, 1.54) is 31.6 Å². The van der Waals surface area contributed by atoms with Crippen molar-refractivity contribution < 1.29 is 24.2 Å². The van der Waals surface area contributed by atoms with Gasteiger partial charge in [0.1, 0.15) is 0 Å². The molecule has 0 atom stereocenters. The maximum atomic E-state index is 10.8. The maximum Gasteiger partial charge on any atom is 0.356 e. The summed E-state index contributed by atoms with van der Waals surface area (Å²) >= 11 is 3.03. The fourth-order valence-electron chi connectivity index (χ4n) is 1.92. The zero-order valence-electron chi connectivity index (χ0n) is 13.8. The minimum atomic E-state index is -1.04. The van der Waals surface area contributed by atoms with Crippen LogP contribution in [0.5, 0.6) is 0 Å². The monoisotopic (exact) mass is 422 g/mol. The molecule has 9 nitrogen and oxygen atoms in total. The van der Waals surface area contributed by atoms with Gasteiger partial charge in [-0.05, 0) is 40.1 Å². The highest BCUT2D eigenvalue weighted by molar-refractivity contribution is 9.10. The highest BCUT2D eigenvalue weighted by Gasteiger charge is 2.12. The number of carboxylic acid groups (broad SMARTS) is 1. The van der Waals surface area contributed by atoms with E-state index in [0.29, 0.717) is 23.8 Å². The van der Waals surface area contributed by atoms with E-state index < -0.39 is 11.9 Å². The van der Waals surface area contributed by atoms with Gasteiger partial charge >= 0.3 is 11.9 Å².